The molecule has 0 radical (unpaired) electrons. The fourth-order valence-electron chi connectivity index (χ4n) is 2.09. The Balaban J connectivity index is 2.55. The first-order chi connectivity index (χ1) is 5.04. The summed E-state index contributed by atoms with van der Waals surface area (Å²) in [4.78, 5) is 0. The zero-order valence-electron chi connectivity index (χ0n) is 7.93. The third-order valence-electron chi connectivity index (χ3n) is 3.08. The maximum Gasteiger partial charge on any atom is 0.0673 e. The van der Waals surface area contributed by atoms with Gasteiger partial charge in [0.1, 0.15) is 0 Å². The summed E-state index contributed by atoms with van der Waals surface area (Å²) in [6.45, 7) is 6.49. The van der Waals surface area contributed by atoms with E-state index in [0.717, 1.165) is 18.8 Å². The van der Waals surface area contributed by atoms with Crippen LogP contribution in [0, 0.1) is 11.8 Å². The highest BCUT2D eigenvalue weighted by molar-refractivity contribution is 4.87. The summed E-state index contributed by atoms with van der Waals surface area (Å²) in [7, 11) is 0. The molecule has 0 unspecified atom stereocenters. The minimum atomic E-state index is -0.350. The summed E-state index contributed by atoms with van der Waals surface area (Å²) in [5.41, 5.74) is -0.350. The predicted octanol–water partition coefficient (Wildman–Crippen LogP) is 2.58. The summed E-state index contributed by atoms with van der Waals surface area (Å²) >= 11 is 0. The molecule has 0 spiro atoms. The van der Waals surface area contributed by atoms with Crippen molar-refractivity contribution in [1.29, 1.82) is 0 Å². The zero-order valence-corrected chi connectivity index (χ0v) is 7.93. The van der Waals surface area contributed by atoms with Crippen LogP contribution in [-0.4, -0.2) is 10.7 Å². The lowest BCUT2D eigenvalue weighted by Gasteiger charge is -2.38. The molecule has 0 amide bonds. The van der Waals surface area contributed by atoms with E-state index in [4.69, 9.17) is 0 Å². The summed E-state index contributed by atoms with van der Waals surface area (Å²) in [5, 5.41) is 10.1. The van der Waals surface area contributed by atoms with Gasteiger partial charge in [0.05, 0.1) is 5.60 Å². The third kappa shape index (κ3) is 1.96. The van der Waals surface area contributed by atoms with Gasteiger partial charge in [0.25, 0.3) is 0 Å². The molecule has 0 aromatic rings. The van der Waals surface area contributed by atoms with Crippen molar-refractivity contribution in [1.82, 2.24) is 0 Å². The van der Waals surface area contributed by atoms with Crippen molar-refractivity contribution < 1.29 is 5.11 Å². The summed E-state index contributed by atoms with van der Waals surface area (Å²) in [6, 6.07) is 0. The van der Waals surface area contributed by atoms with Crippen molar-refractivity contribution in [2.75, 3.05) is 0 Å². The lowest BCUT2D eigenvalue weighted by atomic mass is 9.73. The second-order valence-corrected chi connectivity index (χ2v) is 4.46. The monoisotopic (exact) mass is 156 g/mol. The molecule has 0 aromatic heterocycles. The van der Waals surface area contributed by atoms with E-state index in [1.807, 2.05) is 0 Å². The highest BCUT2D eigenvalue weighted by Crippen LogP contribution is 2.36. The minimum Gasteiger partial charge on any atom is -0.390 e. The highest BCUT2D eigenvalue weighted by Gasteiger charge is 2.35. The Labute approximate surface area is 69.8 Å². The van der Waals surface area contributed by atoms with E-state index >= 15 is 0 Å². The van der Waals surface area contributed by atoms with Gasteiger partial charge in [-0.2, -0.15) is 0 Å². The first kappa shape index (κ1) is 9.05. The Morgan fingerprint density at radius 3 is 2.45 bits per heavy atom. The number of rotatable bonds is 1. The standard InChI is InChI=1S/C10H20O/c1-8(2)10(11)6-4-5-9(3)7-10/h8-9,11H,4-7H2,1-3H3/t9-,10-/m0/s1. The molecule has 1 N–H and O–H groups in total. The van der Waals surface area contributed by atoms with Crippen LogP contribution in [0.2, 0.25) is 0 Å². The van der Waals surface area contributed by atoms with Gasteiger partial charge in [0.15, 0.2) is 0 Å². The molecule has 0 heterocycles. The van der Waals surface area contributed by atoms with Crippen molar-refractivity contribution in [3.05, 3.63) is 0 Å². The molecule has 11 heavy (non-hydrogen) atoms. The van der Waals surface area contributed by atoms with Gasteiger partial charge < -0.3 is 5.11 Å². The van der Waals surface area contributed by atoms with Crippen molar-refractivity contribution in [3.63, 3.8) is 0 Å². The Morgan fingerprint density at radius 1 is 1.45 bits per heavy atom. The maximum atomic E-state index is 10.1. The predicted molar refractivity (Wildman–Crippen MR) is 47.4 cm³/mol. The van der Waals surface area contributed by atoms with Crippen LogP contribution in [0.15, 0.2) is 0 Å². The lowest BCUT2D eigenvalue weighted by molar-refractivity contribution is -0.0512. The quantitative estimate of drug-likeness (QED) is 0.618. The van der Waals surface area contributed by atoms with E-state index in [9.17, 15) is 5.11 Å². The molecule has 1 rings (SSSR count). The summed E-state index contributed by atoms with van der Waals surface area (Å²) in [6.07, 6.45) is 4.52. The molecule has 1 fully saturated rings. The molecule has 1 heteroatoms. The van der Waals surface area contributed by atoms with Gasteiger partial charge in [-0.15, -0.1) is 0 Å². The lowest BCUT2D eigenvalue weighted by Crippen LogP contribution is -2.39. The van der Waals surface area contributed by atoms with E-state index in [2.05, 4.69) is 20.8 Å². The van der Waals surface area contributed by atoms with Gasteiger partial charge >= 0.3 is 0 Å². The molecule has 1 nitrogen and oxygen atoms in total. The largest absolute Gasteiger partial charge is 0.390 e. The Morgan fingerprint density at radius 2 is 2.09 bits per heavy atom. The molecule has 1 saturated carbocycles. The molecule has 66 valence electrons. The van der Waals surface area contributed by atoms with Gasteiger partial charge in [-0.05, 0) is 24.7 Å². The smallest absolute Gasteiger partial charge is 0.0673 e. The molecule has 2 atom stereocenters. The highest BCUT2D eigenvalue weighted by atomic mass is 16.3. The average molecular weight is 156 g/mol. The van der Waals surface area contributed by atoms with E-state index in [0.29, 0.717) is 5.92 Å². The molecule has 0 saturated heterocycles. The van der Waals surface area contributed by atoms with Crippen LogP contribution in [0.25, 0.3) is 0 Å². The number of hydrogen-bond acceptors (Lipinski definition) is 1. The van der Waals surface area contributed by atoms with Gasteiger partial charge in [0, 0.05) is 0 Å². The van der Waals surface area contributed by atoms with Crippen molar-refractivity contribution in [2.24, 2.45) is 11.8 Å². The average Bonchev–Trinajstić information content (AvgIpc) is 1.86. The van der Waals surface area contributed by atoms with Gasteiger partial charge in [-0.3, -0.25) is 0 Å². The molecule has 0 bridgehead atoms. The van der Waals surface area contributed by atoms with Crippen LogP contribution < -0.4 is 0 Å². The van der Waals surface area contributed by atoms with Crippen molar-refractivity contribution in [3.8, 4) is 0 Å². The van der Waals surface area contributed by atoms with Crippen molar-refractivity contribution >= 4 is 0 Å². The zero-order chi connectivity index (χ0) is 8.48. The first-order valence-corrected chi connectivity index (χ1v) is 4.77. The third-order valence-corrected chi connectivity index (χ3v) is 3.08. The first-order valence-electron chi connectivity index (χ1n) is 4.77. The molecule has 0 aromatic carbocycles. The van der Waals surface area contributed by atoms with Crippen LogP contribution in [0.1, 0.15) is 46.5 Å². The van der Waals surface area contributed by atoms with Crippen LogP contribution >= 0.6 is 0 Å². The molecular weight excluding hydrogens is 136 g/mol. The normalized spacial score (nSPS) is 39.5. The van der Waals surface area contributed by atoms with E-state index in [1.54, 1.807) is 0 Å². The van der Waals surface area contributed by atoms with Gasteiger partial charge in [0.2, 0.25) is 0 Å². The fourth-order valence-corrected chi connectivity index (χ4v) is 2.09. The molecule has 1 aliphatic rings. The molecular formula is C10H20O. The number of hydrogen-bond donors (Lipinski definition) is 1. The maximum absolute atomic E-state index is 10.1. The number of aliphatic hydroxyl groups is 1. The fraction of sp³-hybridized carbons (Fsp3) is 1.00. The summed E-state index contributed by atoms with van der Waals surface area (Å²) < 4.78 is 0. The summed E-state index contributed by atoms with van der Waals surface area (Å²) in [5.74, 6) is 1.14. The van der Waals surface area contributed by atoms with Crippen LogP contribution in [-0.2, 0) is 0 Å². The Bertz CT molecular complexity index is 131. The van der Waals surface area contributed by atoms with Crippen molar-refractivity contribution in [2.45, 2.75) is 52.1 Å². The SMILES string of the molecule is CC(C)[C@]1(O)CCC[C@H](C)C1. The van der Waals surface area contributed by atoms with Crippen LogP contribution in [0.5, 0.6) is 0 Å². The van der Waals surface area contributed by atoms with E-state index < -0.39 is 0 Å². The van der Waals surface area contributed by atoms with Crippen LogP contribution in [0.4, 0.5) is 0 Å². The molecule has 1 aliphatic carbocycles. The van der Waals surface area contributed by atoms with E-state index in [-0.39, 0.29) is 5.60 Å². The van der Waals surface area contributed by atoms with Gasteiger partial charge in [-0.25, -0.2) is 0 Å². The topological polar surface area (TPSA) is 20.2 Å². The Hall–Kier alpha value is -0.0400. The minimum absolute atomic E-state index is 0.350. The van der Waals surface area contributed by atoms with E-state index in [1.165, 1.54) is 12.8 Å². The van der Waals surface area contributed by atoms with Gasteiger partial charge in [-0.1, -0.05) is 33.6 Å². The second-order valence-electron chi connectivity index (χ2n) is 4.46. The Kier molecular flexibility index (Phi) is 2.58. The molecule has 0 aliphatic heterocycles. The second kappa shape index (κ2) is 3.14. The van der Waals surface area contributed by atoms with Crippen LogP contribution in [0.3, 0.4) is 0 Å².